The standard InChI is InChI=1S/C19H20FN5O4/c20-14-2-4-15(5-3-14)22-18(26)12-23-7-9-24(10-8-23)19(27)13-1-6-16(21)17(11-13)25(28)29/h1-6,11H,7-10,12,21H2,(H,22,26). The number of rotatable bonds is 5. The van der Waals surface area contributed by atoms with Crippen LogP contribution in [0.1, 0.15) is 10.4 Å². The molecule has 3 rings (SSSR count). The van der Waals surface area contributed by atoms with E-state index >= 15 is 0 Å². The number of benzene rings is 2. The van der Waals surface area contributed by atoms with Gasteiger partial charge >= 0.3 is 0 Å². The molecule has 0 unspecified atom stereocenters. The van der Waals surface area contributed by atoms with Crippen LogP contribution in [0, 0.1) is 15.9 Å². The van der Waals surface area contributed by atoms with E-state index in [1.807, 2.05) is 4.90 Å². The first-order chi connectivity index (χ1) is 13.8. The van der Waals surface area contributed by atoms with Crippen LogP contribution in [-0.4, -0.2) is 59.3 Å². The number of carbonyl (C=O) groups excluding carboxylic acids is 2. The molecule has 1 heterocycles. The van der Waals surface area contributed by atoms with Crippen molar-refractivity contribution in [3.63, 3.8) is 0 Å². The van der Waals surface area contributed by atoms with E-state index in [4.69, 9.17) is 5.73 Å². The SMILES string of the molecule is Nc1ccc(C(=O)N2CCN(CC(=O)Nc3ccc(F)cc3)CC2)cc1[N+](=O)[O-]. The topological polar surface area (TPSA) is 122 Å². The van der Waals surface area contributed by atoms with Crippen LogP contribution < -0.4 is 11.1 Å². The Morgan fingerprint density at radius 3 is 2.38 bits per heavy atom. The Morgan fingerprint density at radius 2 is 1.76 bits per heavy atom. The van der Waals surface area contributed by atoms with Crippen LogP contribution in [0.25, 0.3) is 0 Å². The predicted molar refractivity (Wildman–Crippen MR) is 105 cm³/mol. The summed E-state index contributed by atoms with van der Waals surface area (Å²) in [6, 6.07) is 9.49. The molecule has 0 aliphatic carbocycles. The van der Waals surface area contributed by atoms with Gasteiger partial charge in [0.15, 0.2) is 0 Å². The molecule has 9 nitrogen and oxygen atoms in total. The number of nitro benzene ring substituents is 1. The van der Waals surface area contributed by atoms with E-state index in [0.29, 0.717) is 31.9 Å². The number of nitro groups is 1. The largest absolute Gasteiger partial charge is 0.393 e. The quantitative estimate of drug-likeness (QED) is 0.447. The molecule has 0 bridgehead atoms. The molecule has 1 saturated heterocycles. The Labute approximate surface area is 166 Å². The van der Waals surface area contributed by atoms with E-state index in [1.54, 1.807) is 4.90 Å². The lowest BCUT2D eigenvalue weighted by atomic mass is 10.1. The Bertz CT molecular complexity index is 927. The maximum absolute atomic E-state index is 12.9. The second-order valence-corrected chi connectivity index (χ2v) is 6.65. The number of nitrogens with zero attached hydrogens (tertiary/aromatic N) is 3. The van der Waals surface area contributed by atoms with Crippen LogP contribution in [0.3, 0.4) is 0 Å². The second-order valence-electron chi connectivity index (χ2n) is 6.65. The Morgan fingerprint density at radius 1 is 1.10 bits per heavy atom. The highest BCUT2D eigenvalue weighted by Gasteiger charge is 2.25. The first kappa shape index (κ1) is 20.2. The lowest BCUT2D eigenvalue weighted by molar-refractivity contribution is -0.383. The fourth-order valence-corrected chi connectivity index (χ4v) is 3.06. The summed E-state index contributed by atoms with van der Waals surface area (Å²) in [5, 5.41) is 13.7. The summed E-state index contributed by atoms with van der Waals surface area (Å²) in [6.45, 7) is 1.90. The molecule has 1 fully saturated rings. The third-order valence-electron chi connectivity index (χ3n) is 4.63. The van der Waals surface area contributed by atoms with Crippen LogP contribution in [0.5, 0.6) is 0 Å². The predicted octanol–water partition coefficient (Wildman–Crippen LogP) is 1.71. The minimum Gasteiger partial charge on any atom is -0.393 e. The highest BCUT2D eigenvalue weighted by atomic mass is 19.1. The fraction of sp³-hybridized carbons (Fsp3) is 0.263. The van der Waals surface area contributed by atoms with Crippen molar-refractivity contribution in [1.29, 1.82) is 0 Å². The van der Waals surface area contributed by atoms with Crippen LogP contribution in [-0.2, 0) is 4.79 Å². The lowest BCUT2D eigenvalue weighted by Gasteiger charge is -2.34. The maximum Gasteiger partial charge on any atom is 0.292 e. The molecule has 3 N–H and O–H groups in total. The summed E-state index contributed by atoms with van der Waals surface area (Å²) in [6.07, 6.45) is 0. The van der Waals surface area contributed by atoms with Gasteiger partial charge in [0, 0.05) is 43.5 Å². The number of halogens is 1. The average Bonchev–Trinajstić information content (AvgIpc) is 2.70. The number of carbonyl (C=O) groups is 2. The fourth-order valence-electron chi connectivity index (χ4n) is 3.06. The summed E-state index contributed by atoms with van der Waals surface area (Å²) in [7, 11) is 0. The number of hydrogen-bond donors (Lipinski definition) is 2. The highest BCUT2D eigenvalue weighted by molar-refractivity contribution is 5.96. The smallest absolute Gasteiger partial charge is 0.292 e. The van der Waals surface area contributed by atoms with Gasteiger partial charge in [-0.15, -0.1) is 0 Å². The molecule has 152 valence electrons. The van der Waals surface area contributed by atoms with Gasteiger partial charge in [-0.3, -0.25) is 24.6 Å². The zero-order chi connectivity index (χ0) is 21.0. The molecule has 0 radical (unpaired) electrons. The van der Waals surface area contributed by atoms with Crippen molar-refractivity contribution >= 4 is 28.9 Å². The zero-order valence-electron chi connectivity index (χ0n) is 15.5. The maximum atomic E-state index is 12.9. The van der Waals surface area contributed by atoms with Gasteiger partial charge in [0.1, 0.15) is 11.5 Å². The molecule has 0 atom stereocenters. The van der Waals surface area contributed by atoms with E-state index in [2.05, 4.69) is 5.32 Å². The molecule has 0 aromatic heterocycles. The summed E-state index contributed by atoms with van der Waals surface area (Å²) in [5.41, 5.74) is 5.98. The van der Waals surface area contributed by atoms with E-state index < -0.39 is 4.92 Å². The Balaban J connectivity index is 1.53. The highest BCUT2D eigenvalue weighted by Crippen LogP contribution is 2.23. The summed E-state index contributed by atoms with van der Waals surface area (Å²) < 4.78 is 12.9. The molecular formula is C19H20FN5O4. The Kier molecular flexibility index (Phi) is 6.03. The van der Waals surface area contributed by atoms with Crippen LogP contribution >= 0.6 is 0 Å². The number of nitrogen functional groups attached to an aromatic ring is 1. The monoisotopic (exact) mass is 401 g/mol. The van der Waals surface area contributed by atoms with Crippen molar-refractivity contribution in [3.05, 3.63) is 64.0 Å². The number of nitrogens with two attached hydrogens (primary N) is 1. The molecule has 1 aliphatic rings. The molecule has 29 heavy (non-hydrogen) atoms. The minimum absolute atomic E-state index is 0.00327. The van der Waals surface area contributed by atoms with Gasteiger partial charge in [0.25, 0.3) is 11.6 Å². The minimum atomic E-state index is -0.621. The number of nitrogens with one attached hydrogen (secondary N) is 1. The number of hydrogen-bond acceptors (Lipinski definition) is 6. The lowest BCUT2D eigenvalue weighted by Crippen LogP contribution is -2.50. The van der Waals surface area contributed by atoms with E-state index in [9.17, 15) is 24.1 Å². The molecular weight excluding hydrogens is 381 g/mol. The summed E-state index contributed by atoms with van der Waals surface area (Å²) in [4.78, 5) is 38.6. The molecule has 10 heteroatoms. The second kappa shape index (κ2) is 8.65. The van der Waals surface area contributed by atoms with Gasteiger partial charge in [-0.1, -0.05) is 0 Å². The summed E-state index contributed by atoms with van der Waals surface area (Å²) in [5.74, 6) is -0.927. The van der Waals surface area contributed by atoms with Gasteiger partial charge < -0.3 is 16.0 Å². The number of amides is 2. The molecule has 0 spiro atoms. The van der Waals surface area contributed by atoms with Crippen LogP contribution in [0.4, 0.5) is 21.5 Å². The van der Waals surface area contributed by atoms with Crippen LogP contribution in [0.2, 0.25) is 0 Å². The van der Waals surface area contributed by atoms with Gasteiger partial charge in [-0.05, 0) is 36.4 Å². The van der Waals surface area contributed by atoms with E-state index in [-0.39, 0.29) is 41.1 Å². The van der Waals surface area contributed by atoms with Crippen molar-refractivity contribution in [2.24, 2.45) is 0 Å². The third kappa shape index (κ3) is 5.05. The third-order valence-corrected chi connectivity index (χ3v) is 4.63. The molecule has 0 saturated carbocycles. The summed E-state index contributed by atoms with van der Waals surface area (Å²) >= 11 is 0. The van der Waals surface area contributed by atoms with Crippen molar-refractivity contribution < 1.29 is 18.9 Å². The first-order valence-electron chi connectivity index (χ1n) is 8.94. The zero-order valence-corrected chi connectivity index (χ0v) is 15.5. The van der Waals surface area contributed by atoms with Crippen molar-refractivity contribution in [2.75, 3.05) is 43.8 Å². The average molecular weight is 401 g/mol. The van der Waals surface area contributed by atoms with Gasteiger partial charge in [0.2, 0.25) is 5.91 Å². The van der Waals surface area contributed by atoms with E-state index in [0.717, 1.165) is 0 Å². The van der Waals surface area contributed by atoms with Gasteiger partial charge in [0.05, 0.1) is 11.5 Å². The first-order valence-corrected chi connectivity index (χ1v) is 8.94. The van der Waals surface area contributed by atoms with Crippen LogP contribution in [0.15, 0.2) is 42.5 Å². The molecule has 1 aliphatic heterocycles. The van der Waals surface area contributed by atoms with Gasteiger partial charge in [-0.2, -0.15) is 0 Å². The number of anilines is 2. The molecule has 2 amide bonds. The molecule has 2 aromatic rings. The van der Waals surface area contributed by atoms with Crippen molar-refractivity contribution in [3.8, 4) is 0 Å². The normalized spacial score (nSPS) is 14.4. The van der Waals surface area contributed by atoms with Crippen molar-refractivity contribution in [2.45, 2.75) is 0 Å². The van der Waals surface area contributed by atoms with Gasteiger partial charge in [-0.25, -0.2) is 4.39 Å². The molecule has 2 aromatic carbocycles. The van der Waals surface area contributed by atoms with E-state index in [1.165, 1.54) is 42.5 Å². The Hall–Kier alpha value is -3.53. The number of piperazine rings is 1. The van der Waals surface area contributed by atoms with Crippen molar-refractivity contribution in [1.82, 2.24) is 9.80 Å².